The fraction of sp³-hybridized carbons (Fsp3) is 0.923. The van der Waals surface area contributed by atoms with E-state index in [0.717, 1.165) is 25.7 Å². The van der Waals surface area contributed by atoms with Crippen LogP contribution in [0.2, 0.25) is 0 Å². The van der Waals surface area contributed by atoms with Crippen LogP contribution in [0.25, 0.3) is 0 Å². The minimum Gasteiger partial charge on any atom is -0.340 e. The third-order valence-electron chi connectivity index (χ3n) is 3.77. The van der Waals surface area contributed by atoms with Crippen LogP contribution in [0.15, 0.2) is 0 Å². The molecule has 0 aromatic heterocycles. The lowest BCUT2D eigenvalue weighted by atomic mass is 9.97. The standard InChI is InChI=1S/C13H26N2O3S/c1-4-6-7-12(5-2)13(16)14-8-10-15(11-9-14)19(3,17)18/h12H,4-11H2,1-3H3/t12-/m0/s1. The van der Waals surface area contributed by atoms with Gasteiger partial charge < -0.3 is 4.90 Å². The number of nitrogens with zero attached hydrogens (tertiary/aromatic N) is 2. The number of sulfonamides is 1. The molecule has 1 aliphatic rings. The minimum absolute atomic E-state index is 0.102. The van der Waals surface area contributed by atoms with Crippen molar-refractivity contribution in [1.82, 2.24) is 9.21 Å². The third-order valence-corrected chi connectivity index (χ3v) is 5.07. The average Bonchev–Trinajstić information content (AvgIpc) is 2.38. The molecule has 1 amide bonds. The number of carbonyl (C=O) groups is 1. The fourth-order valence-corrected chi connectivity index (χ4v) is 3.28. The Balaban J connectivity index is 2.52. The summed E-state index contributed by atoms with van der Waals surface area (Å²) in [7, 11) is -3.12. The Labute approximate surface area is 117 Å². The van der Waals surface area contributed by atoms with Gasteiger partial charge in [0, 0.05) is 32.1 Å². The first-order valence-corrected chi connectivity index (χ1v) is 8.98. The average molecular weight is 290 g/mol. The van der Waals surface area contributed by atoms with E-state index in [1.807, 2.05) is 11.8 Å². The van der Waals surface area contributed by atoms with E-state index < -0.39 is 10.0 Å². The second kappa shape index (κ2) is 7.24. The van der Waals surface area contributed by atoms with Gasteiger partial charge in [0.05, 0.1) is 6.26 Å². The molecule has 6 heteroatoms. The van der Waals surface area contributed by atoms with E-state index in [1.54, 1.807) is 0 Å². The van der Waals surface area contributed by atoms with Crippen molar-refractivity contribution in [2.24, 2.45) is 5.92 Å². The molecule has 112 valence electrons. The van der Waals surface area contributed by atoms with Crippen molar-refractivity contribution in [2.45, 2.75) is 39.5 Å². The van der Waals surface area contributed by atoms with E-state index in [0.29, 0.717) is 26.2 Å². The molecular weight excluding hydrogens is 264 g/mol. The Hall–Kier alpha value is -0.620. The van der Waals surface area contributed by atoms with Crippen molar-refractivity contribution in [3.05, 3.63) is 0 Å². The second-order valence-electron chi connectivity index (χ2n) is 5.23. The zero-order valence-electron chi connectivity index (χ0n) is 12.3. The predicted octanol–water partition coefficient (Wildman–Crippen LogP) is 1.31. The first kappa shape index (κ1) is 16.4. The number of piperazine rings is 1. The molecule has 0 aromatic rings. The fourth-order valence-electron chi connectivity index (χ4n) is 2.45. The number of hydrogen-bond acceptors (Lipinski definition) is 3. The molecule has 0 bridgehead atoms. The van der Waals surface area contributed by atoms with Gasteiger partial charge in [0.2, 0.25) is 15.9 Å². The van der Waals surface area contributed by atoms with Crippen molar-refractivity contribution in [1.29, 1.82) is 0 Å². The van der Waals surface area contributed by atoms with E-state index in [1.165, 1.54) is 10.6 Å². The molecule has 1 aliphatic heterocycles. The highest BCUT2D eigenvalue weighted by atomic mass is 32.2. The predicted molar refractivity (Wildman–Crippen MR) is 76.3 cm³/mol. The van der Waals surface area contributed by atoms with Crippen LogP contribution in [-0.2, 0) is 14.8 Å². The molecule has 0 aromatic carbocycles. The highest BCUT2D eigenvalue weighted by molar-refractivity contribution is 7.88. The summed E-state index contributed by atoms with van der Waals surface area (Å²) in [6, 6.07) is 0. The summed E-state index contributed by atoms with van der Waals surface area (Å²) in [5.41, 5.74) is 0. The van der Waals surface area contributed by atoms with Crippen molar-refractivity contribution in [3.8, 4) is 0 Å². The van der Waals surface area contributed by atoms with Crippen LogP contribution < -0.4 is 0 Å². The topological polar surface area (TPSA) is 57.7 Å². The normalized spacial score (nSPS) is 19.4. The Morgan fingerprint density at radius 1 is 1.16 bits per heavy atom. The van der Waals surface area contributed by atoms with Gasteiger partial charge in [0.1, 0.15) is 0 Å². The molecule has 0 spiro atoms. The quantitative estimate of drug-likeness (QED) is 0.741. The van der Waals surface area contributed by atoms with Crippen LogP contribution in [-0.4, -0.2) is 56.0 Å². The molecule has 1 saturated heterocycles. The van der Waals surface area contributed by atoms with Crippen LogP contribution in [0.5, 0.6) is 0 Å². The second-order valence-corrected chi connectivity index (χ2v) is 7.22. The maximum atomic E-state index is 12.3. The Bertz CT molecular complexity index is 387. The van der Waals surface area contributed by atoms with Gasteiger partial charge in [-0.2, -0.15) is 4.31 Å². The largest absolute Gasteiger partial charge is 0.340 e. The van der Waals surface area contributed by atoms with Crippen LogP contribution >= 0.6 is 0 Å². The minimum atomic E-state index is -3.12. The Kier molecular flexibility index (Phi) is 6.26. The van der Waals surface area contributed by atoms with Gasteiger partial charge >= 0.3 is 0 Å². The third kappa shape index (κ3) is 4.76. The highest BCUT2D eigenvalue weighted by Crippen LogP contribution is 2.17. The molecule has 0 unspecified atom stereocenters. The molecule has 0 aliphatic carbocycles. The molecule has 19 heavy (non-hydrogen) atoms. The lowest BCUT2D eigenvalue weighted by molar-refractivity contribution is -0.137. The van der Waals surface area contributed by atoms with Crippen LogP contribution in [0.4, 0.5) is 0 Å². The van der Waals surface area contributed by atoms with Gasteiger partial charge in [-0.1, -0.05) is 26.7 Å². The van der Waals surface area contributed by atoms with E-state index in [9.17, 15) is 13.2 Å². The van der Waals surface area contributed by atoms with Gasteiger partial charge in [-0.25, -0.2) is 8.42 Å². The molecule has 1 heterocycles. The zero-order chi connectivity index (χ0) is 14.5. The summed E-state index contributed by atoms with van der Waals surface area (Å²) in [5, 5.41) is 0. The van der Waals surface area contributed by atoms with Crippen LogP contribution in [0.3, 0.4) is 0 Å². The molecule has 0 N–H and O–H groups in total. The molecule has 1 rings (SSSR count). The molecule has 0 saturated carbocycles. The number of unbranched alkanes of at least 4 members (excludes halogenated alkanes) is 1. The first-order chi connectivity index (χ1) is 8.90. The summed E-state index contributed by atoms with van der Waals surface area (Å²) < 4.78 is 24.3. The summed E-state index contributed by atoms with van der Waals surface area (Å²) >= 11 is 0. The molecular formula is C13H26N2O3S. The Morgan fingerprint density at radius 2 is 1.74 bits per heavy atom. The number of rotatable bonds is 6. The highest BCUT2D eigenvalue weighted by Gasteiger charge is 2.28. The lowest BCUT2D eigenvalue weighted by Crippen LogP contribution is -2.51. The summed E-state index contributed by atoms with van der Waals surface area (Å²) in [6.07, 6.45) is 5.21. The van der Waals surface area contributed by atoms with Gasteiger partial charge in [-0.05, 0) is 12.8 Å². The van der Waals surface area contributed by atoms with E-state index in [4.69, 9.17) is 0 Å². The Morgan fingerprint density at radius 3 is 2.16 bits per heavy atom. The summed E-state index contributed by atoms with van der Waals surface area (Å²) in [6.45, 7) is 6.07. The summed E-state index contributed by atoms with van der Waals surface area (Å²) in [5.74, 6) is 0.300. The smallest absolute Gasteiger partial charge is 0.225 e. The van der Waals surface area contributed by atoms with Crippen molar-refractivity contribution in [3.63, 3.8) is 0 Å². The van der Waals surface area contributed by atoms with Gasteiger partial charge in [-0.15, -0.1) is 0 Å². The monoisotopic (exact) mass is 290 g/mol. The number of hydrogen-bond donors (Lipinski definition) is 0. The first-order valence-electron chi connectivity index (χ1n) is 7.14. The number of carbonyl (C=O) groups excluding carboxylic acids is 1. The van der Waals surface area contributed by atoms with E-state index in [2.05, 4.69) is 6.92 Å². The molecule has 1 fully saturated rings. The van der Waals surface area contributed by atoms with Gasteiger partial charge in [-0.3, -0.25) is 4.79 Å². The van der Waals surface area contributed by atoms with Gasteiger partial charge in [0.15, 0.2) is 0 Å². The maximum absolute atomic E-state index is 12.3. The van der Waals surface area contributed by atoms with Gasteiger partial charge in [0.25, 0.3) is 0 Å². The number of amides is 1. The van der Waals surface area contributed by atoms with Crippen molar-refractivity contribution in [2.75, 3.05) is 32.4 Å². The van der Waals surface area contributed by atoms with Crippen molar-refractivity contribution < 1.29 is 13.2 Å². The van der Waals surface area contributed by atoms with E-state index in [-0.39, 0.29) is 11.8 Å². The molecule has 5 nitrogen and oxygen atoms in total. The van der Waals surface area contributed by atoms with Crippen molar-refractivity contribution >= 4 is 15.9 Å². The summed E-state index contributed by atoms with van der Waals surface area (Å²) in [4.78, 5) is 14.2. The molecule has 0 radical (unpaired) electrons. The van der Waals surface area contributed by atoms with Crippen LogP contribution in [0, 0.1) is 5.92 Å². The maximum Gasteiger partial charge on any atom is 0.225 e. The van der Waals surface area contributed by atoms with E-state index >= 15 is 0 Å². The zero-order valence-corrected chi connectivity index (χ0v) is 13.1. The molecule has 1 atom stereocenters. The SMILES string of the molecule is CCCC[C@H](CC)C(=O)N1CCN(S(C)(=O)=O)CC1. The lowest BCUT2D eigenvalue weighted by Gasteiger charge is -2.35. The van der Waals surface area contributed by atoms with Crippen LogP contribution in [0.1, 0.15) is 39.5 Å².